The number of nitrogen functional groups attached to an aromatic ring is 3. The third-order valence-corrected chi connectivity index (χ3v) is 22.7. The molecule has 3 aromatic carbocycles. The SMILES string of the molecule is CC1(C)OB(c2cn[nH]c2)OC1(C)C.COC(=O)CCBr.COC(=O)CCn1cc(-c2cc(-c3cc(C)nc(Cl)c3)c(-c3ccc(F)cc3)nc2N)cn1.COC(=O)CCn1ccc(B2OC(C)(C)C(C)(C)O2)c1.Cc1cc(-c2cc(-c3cnn(CCC(N)=O)c3)c(N)nc2-c2ccc(F)cc2)cc(Cl)n1.Cc1cc(-c2cc(Br)c(N)nc2-c2ccc(F)cc2)cc(Cl)n1. The fourth-order valence-corrected chi connectivity index (χ4v) is 14.3. The maximum Gasteiger partial charge on any atom is 0.498 e. The molecule has 15 rings (SSSR count). The van der Waals surface area contributed by atoms with Crippen LogP contribution >= 0.6 is 66.7 Å². The van der Waals surface area contributed by atoms with Gasteiger partial charge in [-0.1, -0.05) is 50.7 Å². The van der Waals surface area contributed by atoms with E-state index in [2.05, 4.69) is 96.4 Å². The van der Waals surface area contributed by atoms with Gasteiger partial charge in [-0.05, 0) is 242 Å². The van der Waals surface area contributed by atoms with Gasteiger partial charge in [0.2, 0.25) is 5.91 Å². The second-order valence-electron chi connectivity index (χ2n) is 31.6. The first-order valence-corrected chi connectivity index (χ1v) is 43.4. The quantitative estimate of drug-likeness (QED) is 0.0147. The summed E-state index contributed by atoms with van der Waals surface area (Å²) in [5.74, 6) is -1.14. The summed E-state index contributed by atoms with van der Waals surface area (Å²) in [4.78, 5) is 70.2. The monoisotopic (exact) mass is 1950 g/mol. The van der Waals surface area contributed by atoms with Crippen LogP contribution in [0.4, 0.5) is 30.6 Å². The van der Waals surface area contributed by atoms with Gasteiger partial charge in [0.15, 0.2) is 0 Å². The first-order chi connectivity index (χ1) is 61.0. The van der Waals surface area contributed by atoms with Crippen molar-refractivity contribution in [2.45, 2.75) is 144 Å². The highest BCUT2D eigenvalue weighted by Crippen LogP contribution is 2.43. The predicted octanol–water partition coefficient (Wildman–Crippen LogP) is 17.4. The number of carbonyl (C=O) groups excluding carboxylic acids is 4. The number of aromatic nitrogens is 13. The molecule has 2 saturated heterocycles. The van der Waals surface area contributed by atoms with Gasteiger partial charge in [0, 0.05) is 146 Å². The van der Waals surface area contributed by atoms with Crippen molar-refractivity contribution in [3.05, 3.63) is 238 Å². The highest BCUT2D eigenvalue weighted by molar-refractivity contribution is 9.10. The molecule has 1 amide bonds. The zero-order valence-electron chi connectivity index (χ0n) is 73.3. The van der Waals surface area contributed by atoms with Gasteiger partial charge in [0.05, 0.1) is 103 Å². The Kier molecular flexibility index (Phi) is 34.0. The lowest BCUT2D eigenvalue weighted by Gasteiger charge is -2.32. The van der Waals surface area contributed by atoms with Gasteiger partial charge in [0.25, 0.3) is 0 Å². The Morgan fingerprint density at radius 1 is 0.442 bits per heavy atom. The van der Waals surface area contributed by atoms with E-state index in [9.17, 15) is 32.3 Å². The van der Waals surface area contributed by atoms with Crippen molar-refractivity contribution in [2.75, 3.05) is 43.9 Å². The van der Waals surface area contributed by atoms with E-state index in [4.69, 9.17) is 76.4 Å². The fraction of sp³-hybridized carbons (Fsp3) is 0.286. The van der Waals surface area contributed by atoms with Crippen molar-refractivity contribution in [3.63, 3.8) is 0 Å². The number of ether oxygens (including phenoxy) is 3. The van der Waals surface area contributed by atoms with Crippen LogP contribution in [0.15, 0.2) is 188 Å². The summed E-state index contributed by atoms with van der Waals surface area (Å²) < 4.78 is 83.4. The first kappa shape index (κ1) is 99.5. The van der Waals surface area contributed by atoms with Crippen LogP contribution in [-0.2, 0) is 71.6 Å². The van der Waals surface area contributed by atoms with E-state index in [1.54, 1.807) is 101 Å². The topological polar surface area (TPSA) is 384 Å². The molecule has 2 aliphatic rings. The van der Waals surface area contributed by atoms with E-state index in [1.165, 1.54) is 57.7 Å². The third-order valence-electron chi connectivity index (χ3n) is 21.1. The van der Waals surface area contributed by atoms with Gasteiger partial charge in [-0.2, -0.15) is 15.3 Å². The molecule has 13 aromatic rings. The number of nitrogens with two attached hydrogens (primary N) is 4. The van der Waals surface area contributed by atoms with Gasteiger partial charge in [-0.3, -0.25) is 33.6 Å². The molecular weight excluding hydrogens is 1850 g/mol. The molecular formula is C91H97B2Br2Cl3F3N17O11. The minimum absolute atomic E-state index is 0.170. The Labute approximate surface area is 777 Å². The number of aromatic amines is 1. The molecule has 38 heteroatoms. The number of hydrogen-bond acceptors (Lipinski definition) is 23. The number of rotatable bonds is 21. The predicted molar refractivity (Wildman–Crippen MR) is 503 cm³/mol. The van der Waals surface area contributed by atoms with E-state index in [0.717, 1.165) is 78.1 Å². The Morgan fingerprint density at radius 3 is 1.15 bits per heavy atom. The Bertz CT molecular complexity index is 6000. The summed E-state index contributed by atoms with van der Waals surface area (Å²) >= 11 is 25.0. The molecule has 0 spiro atoms. The van der Waals surface area contributed by atoms with Crippen LogP contribution in [0.5, 0.6) is 0 Å². The average Bonchev–Trinajstić information content (AvgIpc) is 1.77. The molecule has 674 valence electrons. The van der Waals surface area contributed by atoms with Crippen molar-refractivity contribution in [2.24, 2.45) is 5.73 Å². The average molecular weight is 1950 g/mol. The molecule has 0 saturated carbocycles. The maximum atomic E-state index is 13.5. The number of esters is 3. The van der Waals surface area contributed by atoms with Gasteiger partial charge in [-0.15, -0.1) is 0 Å². The lowest BCUT2D eigenvalue weighted by Crippen LogP contribution is -2.41. The smallest absolute Gasteiger partial charge is 0.469 e. The number of pyridine rings is 6. The summed E-state index contributed by atoms with van der Waals surface area (Å²) in [7, 11) is 3.46. The summed E-state index contributed by atoms with van der Waals surface area (Å²) in [6, 6.07) is 36.9. The van der Waals surface area contributed by atoms with E-state index in [0.29, 0.717) is 115 Å². The second kappa shape index (κ2) is 44.1. The van der Waals surface area contributed by atoms with Crippen LogP contribution in [0.3, 0.4) is 0 Å². The van der Waals surface area contributed by atoms with Gasteiger partial charge >= 0.3 is 32.1 Å². The number of nitrogens with one attached hydrogen (secondary N) is 1. The number of methoxy groups -OCH3 is 3. The lowest BCUT2D eigenvalue weighted by atomic mass is 9.81. The molecule has 10 aromatic heterocycles. The van der Waals surface area contributed by atoms with E-state index >= 15 is 0 Å². The van der Waals surface area contributed by atoms with Crippen LogP contribution in [0, 0.1) is 38.2 Å². The minimum atomic E-state index is -0.404. The van der Waals surface area contributed by atoms with E-state index in [-0.39, 0.29) is 84.8 Å². The van der Waals surface area contributed by atoms with Crippen molar-refractivity contribution in [1.29, 1.82) is 0 Å². The van der Waals surface area contributed by atoms with E-state index in [1.807, 2.05) is 136 Å². The van der Waals surface area contributed by atoms with Crippen LogP contribution in [0.25, 0.3) is 89.4 Å². The van der Waals surface area contributed by atoms with E-state index < -0.39 is 5.91 Å². The standard InChI is InChI=1S/C24H21ClFN5O2.C23H20ClFN6O.C17H12BrClFN3.C14H22BNO4.C9H15BN2O2.C4H7BrO2/c1-14-9-16(10-21(25)29-14)19-11-20(17-12-28-31(13-17)8-7-22(32)33-2)24(27)30-23(19)15-3-5-18(26)6-4-15;1-13-8-15(9-20(24)29-13)18-10-19(16-11-28-31(12-16)7-6-21(26)32)23(27)30-22(18)14-2-4-17(25)5-3-14;1-9-6-11(7-15(19)22-9)13-8-14(18)17(21)23-16(13)10-2-4-12(20)5-3-10;1-13(2)14(3,4)20-15(19-13)11-6-8-16(10-11)9-7-12(17)18-5;1-8(2)9(3,4)14-10(13-8)7-5-11-12-6-7;1-7-4(6)2-3-5/h3-6,9-13H,7-8H2,1-2H3,(H2,27,30);2-5,8-12H,6-7H2,1H3,(H2,26,32)(H2,27,30);2-8H,1H3,(H2,21,23);6,8,10H,7,9H2,1-5H3;5-6H,1-4H3,(H,11,12);2-3H2,1H3. The molecule has 2 fully saturated rings. The molecule has 129 heavy (non-hydrogen) atoms. The fourth-order valence-electron chi connectivity index (χ4n) is 12.9. The summed E-state index contributed by atoms with van der Waals surface area (Å²) in [6.45, 7) is 23.2. The summed E-state index contributed by atoms with van der Waals surface area (Å²) in [5.41, 5.74) is 38.5. The number of hydrogen-bond donors (Lipinski definition) is 5. The number of alkyl halides is 1. The van der Waals surface area contributed by atoms with Gasteiger partial charge in [-0.25, -0.2) is 43.1 Å². The van der Waals surface area contributed by atoms with Crippen molar-refractivity contribution in [3.8, 4) is 89.4 Å². The zero-order chi connectivity index (χ0) is 94.0. The number of halogens is 8. The third kappa shape index (κ3) is 26.8. The molecule has 28 nitrogen and oxygen atoms in total. The minimum Gasteiger partial charge on any atom is -0.469 e. The zero-order valence-corrected chi connectivity index (χ0v) is 78.8. The number of primary amides is 1. The molecule has 0 unspecified atom stereocenters. The van der Waals surface area contributed by atoms with Crippen LogP contribution in [0.2, 0.25) is 15.5 Å². The number of anilines is 3. The lowest BCUT2D eigenvalue weighted by molar-refractivity contribution is -0.141. The summed E-state index contributed by atoms with van der Waals surface area (Å²) in [5, 5.41) is 17.0. The molecule has 0 bridgehead atoms. The van der Waals surface area contributed by atoms with Crippen LogP contribution in [0.1, 0.15) is 98.2 Å². The first-order valence-electron chi connectivity index (χ1n) is 40.3. The number of benzene rings is 3. The van der Waals surface area contributed by atoms with Crippen LogP contribution < -0.4 is 33.9 Å². The highest BCUT2D eigenvalue weighted by Gasteiger charge is 2.53. The molecule has 0 atom stereocenters. The maximum absolute atomic E-state index is 13.5. The number of carbonyl (C=O) groups is 4. The second-order valence-corrected chi connectivity index (χ2v) is 34.4. The van der Waals surface area contributed by atoms with Crippen LogP contribution in [-0.4, -0.2) is 151 Å². The van der Waals surface area contributed by atoms with Crippen molar-refractivity contribution in [1.82, 2.24) is 64.2 Å². The Balaban J connectivity index is 0.000000169. The summed E-state index contributed by atoms with van der Waals surface area (Å²) in [6.07, 6.45) is 15.5. The Hall–Kier alpha value is -11.7. The molecule has 0 aliphatic carbocycles. The number of nitrogens with zero attached hydrogens (tertiary/aromatic N) is 12. The molecule has 2 aliphatic heterocycles. The van der Waals surface area contributed by atoms with Crippen molar-refractivity contribution < 1.29 is 65.2 Å². The Morgan fingerprint density at radius 2 is 0.798 bits per heavy atom. The molecule has 0 radical (unpaired) electrons. The number of aryl methyl sites for hydroxylation is 6. The number of amides is 1. The van der Waals surface area contributed by atoms with Gasteiger partial charge in [0.1, 0.15) is 50.4 Å². The van der Waals surface area contributed by atoms with Gasteiger partial charge < -0.3 is 60.3 Å². The molecule has 12 heterocycles. The number of H-pyrrole nitrogens is 1. The normalized spacial score (nSPS) is 13.6. The largest absolute Gasteiger partial charge is 0.498 e. The highest BCUT2D eigenvalue weighted by atomic mass is 79.9. The molecule has 9 N–H and O–H groups in total. The van der Waals surface area contributed by atoms with Crippen molar-refractivity contribution >= 4 is 133 Å².